The molecule has 1 amide bonds. The van der Waals surface area contributed by atoms with Gasteiger partial charge in [0.15, 0.2) is 0 Å². The lowest BCUT2D eigenvalue weighted by atomic mass is 9.74. The summed E-state index contributed by atoms with van der Waals surface area (Å²) < 4.78 is 1.71. The van der Waals surface area contributed by atoms with Crippen molar-refractivity contribution >= 4 is 22.1 Å². The van der Waals surface area contributed by atoms with Crippen LogP contribution in [0.4, 0.5) is 0 Å². The van der Waals surface area contributed by atoms with E-state index in [4.69, 9.17) is 0 Å². The summed E-state index contributed by atoms with van der Waals surface area (Å²) in [6.45, 7) is 0.822. The van der Waals surface area contributed by atoms with Crippen LogP contribution in [0.1, 0.15) is 41.6 Å². The fraction of sp³-hybridized carbons (Fsp3) is 0.462. The number of fused-ring (bicyclic) bond motifs is 2. The SMILES string of the molecule is O=C1c2ccccc2C2(CCCC2)CN1Br. The third kappa shape index (κ3) is 1.34. The number of halogens is 1. The van der Waals surface area contributed by atoms with Gasteiger partial charge in [0.25, 0.3) is 5.91 Å². The summed E-state index contributed by atoms with van der Waals surface area (Å²) in [6.07, 6.45) is 4.98. The Labute approximate surface area is 104 Å². The van der Waals surface area contributed by atoms with Gasteiger partial charge in [-0.3, -0.25) is 8.72 Å². The molecule has 16 heavy (non-hydrogen) atoms. The molecule has 1 aliphatic heterocycles. The van der Waals surface area contributed by atoms with Crippen molar-refractivity contribution < 1.29 is 4.79 Å². The number of amides is 1. The number of hydrogen-bond acceptors (Lipinski definition) is 1. The van der Waals surface area contributed by atoms with E-state index in [9.17, 15) is 4.79 Å². The summed E-state index contributed by atoms with van der Waals surface area (Å²) in [5.41, 5.74) is 2.37. The van der Waals surface area contributed by atoms with Gasteiger partial charge in [-0.05, 0) is 24.5 Å². The number of benzene rings is 1. The van der Waals surface area contributed by atoms with Crippen molar-refractivity contribution in [3.05, 3.63) is 35.4 Å². The number of rotatable bonds is 0. The van der Waals surface area contributed by atoms with E-state index in [1.807, 2.05) is 12.1 Å². The fourth-order valence-corrected chi connectivity index (χ4v) is 3.84. The Kier molecular flexibility index (Phi) is 2.32. The summed E-state index contributed by atoms with van der Waals surface area (Å²) in [6, 6.07) is 8.09. The highest BCUT2D eigenvalue weighted by molar-refractivity contribution is 9.07. The van der Waals surface area contributed by atoms with Crippen LogP contribution in [0.3, 0.4) is 0 Å². The Morgan fingerprint density at radius 3 is 2.62 bits per heavy atom. The Bertz CT molecular complexity index is 437. The predicted molar refractivity (Wildman–Crippen MR) is 66.6 cm³/mol. The first-order chi connectivity index (χ1) is 7.73. The van der Waals surface area contributed by atoms with Gasteiger partial charge in [0.05, 0.1) is 16.1 Å². The third-order valence-corrected chi connectivity index (χ3v) is 4.52. The lowest BCUT2D eigenvalue weighted by molar-refractivity contribution is 0.0831. The molecule has 0 atom stereocenters. The smallest absolute Gasteiger partial charge is 0.264 e. The summed E-state index contributed by atoms with van der Waals surface area (Å²) in [7, 11) is 0. The molecule has 0 bridgehead atoms. The van der Waals surface area contributed by atoms with Crippen molar-refractivity contribution in [3.63, 3.8) is 0 Å². The lowest BCUT2D eigenvalue weighted by Crippen LogP contribution is -2.43. The van der Waals surface area contributed by atoms with E-state index in [1.165, 1.54) is 31.2 Å². The van der Waals surface area contributed by atoms with Crippen LogP contribution < -0.4 is 0 Å². The molecule has 1 aromatic carbocycles. The molecule has 1 saturated carbocycles. The van der Waals surface area contributed by atoms with E-state index >= 15 is 0 Å². The second kappa shape index (κ2) is 3.59. The molecule has 1 heterocycles. The largest absolute Gasteiger partial charge is 0.274 e. The van der Waals surface area contributed by atoms with Gasteiger partial charge in [0.2, 0.25) is 0 Å². The van der Waals surface area contributed by atoms with Crippen LogP contribution >= 0.6 is 16.1 Å². The average Bonchev–Trinajstić information content (AvgIpc) is 2.76. The molecular formula is C13H14BrNO. The summed E-state index contributed by atoms with van der Waals surface area (Å²) >= 11 is 3.39. The van der Waals surface area contributed by atoms with E-state index in [1.54, 1.807) is 3.93 Å². The van der Waals surface area contributed by atoms with E-state index in [2.05, 4.69) is 28.3 Å². The van der Waals surface area contributed by atoms with Crippen molar-refractivity contribution in [2.24, 2.45) is 0 Å². The second-order valence-electron chi connectivity index (χ2n) is 4.86. The van der Waals surface area contributed by atoms with Crippen LogP contribution in [0.5, 0.6) is 0 Å². The molecular weight excluding hydrogens is 266 g/mol. The van der Waals surface area contributed by atoms with Gasteiger partial charge < -0.3 is 0 Å². The number of nitrogens with zero attached hydrogens (tertiary/aromatic N) is 1. The number of carbonyl (C=O) groups excluding carboxylic acids is 1. The molecule has 84 valence electrons. The maximum absolute atomic E-state index is 12.0. The van der Waals surface area contributed by atoms with Gasteiger partial charge in [0, 0.05) is 17.5 Å². The van der Waals surface area contributed by atoms with E-state index in [0.29, 0.717) is 0 Å². The molecule has 3 heteroatoms. The maximum Gasteiger partial charge on any atom is 0.264 e. The molecule has 2 nitrogen and oxygen atoms in total. The van der Waals surface area contributed by atoms with Crippen LogP contribution in [0.2, 0.25) is 0 Å². The summed E-state index contributed by atoms with van der Waals surface area (Å²) in [5, 5.41) is 0. The minimum Gasteiger partial charge on any atom is -0.274 e. The molecule has 1 spiro atoms. The first kappa shape index (κ1) is 10.3. The number of carbonyl (C=O) groups is 1. The normalized spacial score (nSPS) is 22.6. The molecule has 3 rings (SSSR count). The highest BCUT2D eigenvalue weighted by atomic mass is 79.9. The standard InChI is InChI=1S/C13H14BrNO/c14-15-9-13(7-3-4-8-13)11-6-2-1-5-10(11)12(15)16/h1-2,5-6H,3-4,7-9H2. The predicted octanol–water partition coefficient (Wildman–Crippen LogP) is 3.26. The van der Waals surface area contributed by atoms with Gasteiger partial charge in [0.1, 0.15) is 0 Å². The molecule has 1 aromatic rings. The van der Waals surface area contributed by atoms with E-state index in [-0.39, 0.29) is 11.3 Å². The minimum absolute atomic E-state index is 0.105. The van der Waals surface area contributed by atoms with Crippen molar-refractivity contribution in [3.8, 4) is 0 Å². The van der Waals surface area contributed by atoms with Crippen molar-refractivity contribution in [2.45, 2.75) is 31.1 Å². The Morgan fingerprint density at radius 2 is 1.88 bits per heavy atom. The molecule has 0 aromatic heterocycles. The van der Waals surface area contributed by atoms with E-state index in [0.717, 1.165) is 12.1 Å². The Morgan fingerprint density at radius 1 is 1.19 bits per heavy atom. The fourth-order valence-electron chi connectivity index (χ4n) is 3.16. The van der Waals surface area contributed by atoms with Crippen LogP contribution in [0.15, 0.2) is 24.3 Å². The van der Waals surface area contributed by atoms with Crippen LogP contribution in [-0.4, -0.2) is 16.4 Å². The molecule has 0 unspecified atom stereocenters. The van der Waals surface area contributed by atoms with Crippen LogP contribution in [-0.2, 0) is 5.41 Å². The zero-order valence-corrected chi connectivity index (χ0v) is 10.7. The second-order valence-corrected chi connectivity index (χ2v) is 5.71. The first-order valence-corrected chi connectivity index (χ1v) is 6.51. The zero-order chi connectivity index (χ0) is 11.2. The number of hydrogen-bond donors (Lipinski definition) is 0. The molecule has 1 aliphatic carbocycles. The molecule has 2 aliphatic rings. The molecule has 1 fully saturated rings. The molecule has 0 saturated heterocycles. The summed E-state index contributed by atoms with van der Waals surface area (Å²) in [5.74, 6) is 0.105. The molecule has 0 N–H and O–H groups in total. The van der Waals surface area contributed by atoms with Crippen LogP contribution in [0.25, 0.3) is 0 Å². The lowest BCUT2D eigenvalue weighted by Gasteiger charge is -2.38. The van der Waals surface area contributed by atoms with Gasteiger partial charge >= 0.3 is 0 Å². The van der Waals surface area contributed by atoms with Crippen molar-refractivity contribution in [2.75, 3.05) is 6.54 Å². The zero-order valence-electron chi connectivity index (χ0n) is 9.08. The van der Waals surface area contributed by atoms with Gasteiger partial charge in [-0.2, -0.15) is 0 Å². The van der Waals surface area contributed by atoms with Crippen LogP contribution in [0, 0.1) is 0 Å². The van der Waals surface area contributed by atoms with E-state index < -0.39 is 0 Å². The maximum atomic E-state index is 12.0. The highest BCUT2D eigenvalue weighted by Crippen LogP contribution is 2.46. The monoisotopic (exact) mass is 279 g/mol. The topological polar surface area (TPSA) is 20.3 Å². The average molecular weight is 280 g/mol. The van der Waals surface area contributed by atoms with Gasteiger partial charge in [-0.1, -0.05) is 31.0 Å². The molecule has 0 radical (unpaired) electrons. The summed E-state index contributed by atoms with van der Waals surface area (Å²) in [4.78, 5) is 12.0. The minimum atomic E-state index is 0.105. The van der Waals surface area contributed by atoms with Crippen molar-refractivity contribution in [1.29, 1.82) is 0 Å². The first-order valence-electron chi connectivity index (χ1n) is 5.80. The highest BCUT2D eigenvalue weighted by Gasteiger charge is 2.43. The van der Waals surface area contributed by atoms with Gasteiger partial charge in [-0.15, -0.1) is 0 Å². The Balaban J connectivity index is 2.17. The third-order valence-electron chi connectivity index (χ3n) is 3.95. The van der Waals surface area contributed by atoms with Crippen molar-refractivity contribution in [1.82, 2.24) is 3.93 Å². The van der Waals surface area contributed by atoms with Gasteiger partial charge in [-0.25, -0.2) is 0 Å². The quantitative estimate of drug-likeness (QED) is 0.668. The Hall–Kier alpha value is -0.830.